The molecule has 0 bridgehead atoms. The van der Waals surface area contributed by atoms with Crippen molar-refractivity contribution in [1.82, 2.24) is 25.7 Å². The number of carboxylic acids is 1. The minimum absolute atomic E-state index is 0.000917. The number of carboxylic acid groups (broad SMARTS) is 1. The van der Waals surface area contributed by atoms with Crippen LogP contribution in [-0.2, 0) is 19.2 Å². The summed E-state index contributed by atoms with van der Waals surface area (Å²) >= 11 is 4.14. The van der Waals surface area contributed by atoms with Gasteiger partial charge in [-0.15, -0.1) is 22.0 Å². The van der Waals surface area contributed by atoms with Crippen molar-refractivity contribution in [2.75, 3.05) is 11.5 Å². The fourth-order valence-electron chi connectivity index (χ4n) is 4.50. The maximum absolute atomic E-state index is 13.5. The molecule has 3 aliphatic rings. The molecule has 208 valence electrons. The smallest absolute Gasteiger partial charge is 0.352 e. The van der Waals surface area contributed by atoms with E-state index in [4.69, 9.17) is 0 Å². The Bertz CT molecular complexity index is 1450. The van der Waals surface area contributed by atoms with Crippen molar-refractivity contribution >= 4 is 58.6 Å². The Kier molecular flexibility index (Phi) is 8.28. The normalized spacial score (nSPS) is 20.8. The van der Waals surface area contributed by atoms with Crippen LogP contribution in [0.1, 0.15) is 29.5 Å². The summed E-state index contributed by atoms with van der Waals surface area (Å²) in [5.41, 5.74) is 1.47. The van der Waals surface area contributed by atoms with E-state index < -0.39 is 41.1 Å². The first-order chi connectivity index (χ1) is 19.2. The van der Waals surface area contributed by atoms with Gasteiger partial charge < -0.3 is 20.8 Å². The van der Waals surface area contributed by atoms with Gasteiger partial charge in [-0.1, -0.05) is 53.5 Å². The maximum Gasteiger partial charge on any atom is 0.352 e. The number of carbonyl (C=O) groups is 4. The molecule has 0 spiro atoms. The molecule has 2 aromatic rings. The number of aliphatic carboxylic acids is 1. The number of amides is 3. The van der Waals surface area contributed by atoms with Crippen LogP contribution in [0.5, 0.6) is 5.75 Å². The van der Waals surface area contributed by atoms with Crippen LogP contribution in [0, 0.1) is 6.92 Å². The predicted molar refractivity (Wildman–Crippen MR) is 151 cm³/mol. The van der Waals surface area contributed by atoms with Gasteiger partial charge in [-0.2, -0.15) is 0 Å². The number of nitrogens with one attached hydrogen (secondary N) is 2. The lowest BCUT2D eigenvalue weighted by Crippen LogP contribution is -2.71. The van der Waals surface area contributed by atoms with E-state index in [1.54, 1.807) is 12.2 Å². The monoisotopic (exact) mass is 599 g/mol. The third-order valence-electron chi connectivity index (χ3n) is 6.49. The number of phenolic OH excluding ortho intramolecular Hbond substituents is 1. The molecule has 2 aliphatic heterocycles. The van der Waals surface area contributed by atoms with Gasteiger partial charge in [-0.05, 0) is 43.0 Å². The number of phenols is 1. The molecule has 3 atom stereocenters. The molecule has 2 unspecified atom stereocenters. The van der Waals surface area contributed by atoms with Crippen LogP contribution < -0.4 is 10.6 Å². The number of hydrogen-bond donors (Lipinski definition) is 4. The van der Waals surface area contributed by atoms with E-state index in [0.717, 1.165) is 5.01 Å². The second kappa shape index (κ2) is 11.9. The van der Waals surface area contributed by atoms with Crippen LogP contribution in [0.15, 0.2) is 63.7 Å². The number of aromatic nitrogens is 2. The molecular formula is C26H25N5O6S3. The van der Waals surface area contributed by atoms with Crippen molar-refractivity contribution < 1.29 is 29.4 Å². The summed E-state index contributed by atoms with van der Waals surface area (Å²) in [4.78, 5) is 53.0. The van der Waals surface area contributed by atoms with Crippen molar-refractivity contribution in [1.29, 1.82) is 0 Å². The average molecular weight is 600 g/mol. The summed E-state index contributed by atoms with van der Waals surface area (Å²) in [6.45, 7) is 1.83. The molecule has 1 fully saturated rings. The van der Waals surface area contributed by atoms with E-state index in [2.05, 4.69) is 20.8 Å². The van der Waals surface area contributed by atoms with Crippen molar-refractivity contribution in [2.24, 2.45) is 0 Å². The molecule has 11 nitrogen and oxygen atoms in total. The van der Waals surface area contributed by atoms with Gasteiger partial charge >= 0.3 is 5.97 Å². The number of β-lactam (4-membered cyclic amide) rings is 1. The number of rotatable bonds is 9. The molecule has 3 heterocycles. The minimum Gasteiger partial charge on any atom is -0.508 e. The molecule has 0 radical (unpaired) electrons. The molecule has 1 aromatic heterocycles. The first-order valence-corrected chi connectivity index (χ1v) is 15.2. The topological polar surface area (TPSA) is 162 Å². The van der Waals surface area contributed by atoms with Gasteiger partial charge in [0, 0.05) is 17.1 Å². The fourth-order valence-corrected chi connectivity index (χ4v) is 7.80. The lowest BCUT2D eigenvalue weighted by molar-refractivity contribution is -0.151. The van der Waals surface area contributed by atoms with Gasteiger partial charge in [0.1, 0.15) is 33.9 Å². The van der Waals surface area contributed by atoms with E-state index in [-0.39, 0.29) is 11.4 Å². The number of carbonyl (C=O) groups excluding carboxylic acids is 3. The van der Waals surface area contributed by atoms with Gasteiger partial charge in [0.05, 0.1) is 0 Å². The van der Waals surface area contributed by atoms with Gasteiger partial charge in [-0.3, -0.25) is 19.3 Å². The quantitative estimate of drug-likeness (QED) is 0.249. The first-order valence-electron chi connectivity index (χ1n) is 12.3. The largest absolute Gasteiger partial charge is 0.508 e. The molecule has 4 N–H and O–H groups in total. The highest BCUT2D eigenvalue weighted by Crippen LogP contribution is 2.42. The summed E-state index contributed by atoms with van der Waals surface area (Å²) < 4.78 is 0.712. The number of fused-ring (bicyclic) bond motifs is 1. The Labute approximate surface area is 241 Å². The predicted octanol–water partition coefficient (Wildman–Crippen LogP) is 2.52. The summed E-state index contributed by atoms with van der Waals surface area (Å²) in [5.74, 6) is -2.05. The Morgan fingerprint density at radius 1 is 1.23 bits per heavy atom. The third-order valence-corrected chi connectivity index (χ3v) is 9.89. The van der Waals surface area contributed by atoms with Gasteiger partial charge in [0.25, 0.3) is 5.91 Å². The Hall–Kier alpha value is -3.62. The number of allylic oxidation sites excluding steroid dienone is 3. The zero-order chi connectivity index (χ0) is 28.4. The zero-order valence-electron chi connectivity index (χ0n) is 21.2. The van der Waals surface area contributed by atoms with Crippen molar-refractivity contribution in [3.63, 3.8) is 0 Å². The minimum atomic E-state index is -1.21. The summed E-state index contributed by atoms with van der Waals surface area (Å²) in [7, 11) is 0. The van der Waals surface area contributed by atoms with Crippen molar-refractivity contribution in [3.8, 4) is 5.75 Å². The van der Waals surface area contributed by atoms with Crippen LogP contribution in [0.3, 0.4) is 0 Å². The van der Waals surface area contributed by atoms with Crippen LogP contribution in [0.4, 0.5) is 0 Å². The number of aromatic hydroxyl groups is 1. The fraction of sp³-hybridized carbons (Fsp3) is 0.308. The van der Waals surface area contributed by atoms with Gasteiger partial charge in [-0.25, -0.2) is 4.79 Å². The molecule has 1 saturated heterocycles. The molecule has 5 rings (SSSR count). The molecule has 14 heteroatoms. The highest BCUT2D eigenvalue weighted by molar-refractivity contribution is 8.01. The highest BCUT2D eigenvalue weighted by Gasteiger charge is 2.54. The number of aryl methyl sites for hydroxylation is 1. The second-order valence-electron chi connectivity index (χ2n) is 9.19. The highest BCUT2D eigenvalue weighted by atomic mass is 32.2. The molecule has 0 saturated carbocycles. The van der Waals surface area contributed by atoms with Crippen molar-refractivity contribution in [2.45, 2.75) is 41.6 Å². The lowest BCUT2D eigenvalue weighted by Gasteiger charge is -2.49. The van der Waals surface area contributed by atoms with Crippen LogP contribution in [0.25, 0.3) is 0 Å². The molecule has 1 aliphatic carbocycles. The van der Waals surface area contributed by atoms with Crippen LogP contribution >= 0.6 is 34.9 Å². The summed E-state index contributed by atoms with van der Waals surface area (Å²) in [6.07, 6.45) is 6.66. The van der Waals surface area contributed by atoms with E-state index in [1.807, 2.05) is 13.0 Å². The number of nitrogens with zero attached hydrogens (tertiary/aromatic N) is 3. The Morgan fingerprint density at radius 3 is 2.65 bits per heavy atom. The average Bonchev–Trinajstić information content (AvgIpc) is 3.38. The van der Waals surface area contributed by atoms with Crippen molar-refractivity contribution in [3.05, 3.63) is 69.9 Å². The molecule has 40 heavy (non-hydrogen) atoms. The van der Waals surface area contributed by atoms with E-state index in [9.17, 15) is 29.4 Å². The maximum atomic E-state index is 13.5. The third kappa shape index (κ3) is 5.78. The molecular weight excluding hydrogens is 575 g/mol. The number of hydrogen-bond acceptors (Lipinski definition) is 10. The summed E-state index contributed by atoms with van der Waals surface area (Å²) in [5, 5.41) is 33.3. The van der Waals surface area contributed by atoms with E-state index in [1.165, 1.54) is 64.0 Å². The molecule has 1 aromatic carbocycles. The first kappa shape index (κ1) is 27.9. The SMILES string of the molecule is Cc1nnc(SCC2=C(C(=O)O)N3C(=O)C(NC(=O)C(NC(=O)C4=CC=CCC4)c4ccc(O)cc4)[C@H]3SC2)s1. The zero-order valence-corrected chi connectivity index (χ0v) is 23.6. The molecule has 3 amide bonds. The number of benzene rings is 1. The Morgan fingerprint density at radius 2 is 2.00 bits per heavy atom. The van der Waals surface area contributed by atoms with Gasteiger partial charge in [0.2, 0.25) is 11.8 Å². The van der Waals surface area contributed by atoms with E-state index >= 15 is 0 Å². The van der Waals surface area contributed by atoms with Gasteiger partial charge in [0.15, 0.2) is 4.34 Å². The lowest BCUT2D eigenvalue weighted by atomic mass is 10.00. The second-order valence-corrected chi connectivity index (χ2v) is 12.7. The summed E-state index contributed by atoms with van der Waals surface area (Å²) in [6, 6.07) is 3.77. The Balaban J connectivity index is 1.31. The number of thioether (sulfide) groups is 2. The standard InChI is InChI=1S/C26H25N5O6S3/c1-13-29-30-26(40-13)39-12-16-11-38-24-19(23(35)31(24)20(16)25(36)37)28-22(34)18(14-7-9-17(32)10-8-14)27-21(33)15-5-3-2-4-6-15/h2-3,5,7-10,18-19,24,32H,4,6,11-12H2,1H3,(H,27,33)(H,28,34)(H,36,37)/t18?,19?,24-/m1/s1. The van der Waals surface area contributed by atoms with Crippen LogP contribution in [0.2, 0.25) is 0 Å². The van der Waals surface area contributed by atoms with Crippen LogP contribution in [-0.4, -0.2) is 71.9 Å². The van der Waals surface area contributed by atoms with E-state index in [0.29, 0.717) is 45.4 Å².